The lowest BCUT2D eigenvalue weighted by Crippen LogP contribution is -2.41. The molecule has 0 unspecified atom stereocenters. The monoisotopic (exact) mass is 580 g/mol. The van der Waals surface area contributed by atoms with Crippen LogP contribution >= 0.6 is 11.6 Å². The average Bonchev–Trinajstić information content (AvgIpc) is 3.33. The summed E-state index contributed by atoms with van der Waals surface area (Å²) >= 11 is 6.19. The second-order valence-electron chi connectivity index (χ2n) is 8.85. The zero-order chi connectivity index (χ0) is 28.4. The topological polar surface area (TPSA) is 99.7 Å². The van der Waals surface area contributed by atoms with Crippen LogP contribution in [0.1, 0.15) is 29.7 Å². The van der Waals surface area contributed by atoms with Gasteiger partial charge in [-0.2, -0.15) is 13.2 Å². The highest BCUT2D eigenvalue weighted by Crippen LogP contribution is 2.33. The third-order valence-corrected chi connectivity index (χ3v) is 8.41. The van der Waals surface area contributed by atoms with Gasteiger partial charge in [-0.25, -0.2) is 8.42 Å². The van der Waals surface area contributed by atoms with E-state index in [0.29, 0.717) is 42.0 Å². The molecule has 0 saturated carbocycles. The molecule has 1 aliphatic rings. The number of carbonyl (C=O) groups is 2. The van der Waals surface area contributed by atoms with Crippen molar-refractivity contribution >= 4 is 44.8 Å². The van der Waals surface area contributed by atoms with Crippen molar-refractivity contribution in [1.82, 2.24) is 10.3 Å². The number of alkyl halides is 3. The van der Waals surface area contributed by atoms with E-state index in [9.17, 15) is 31.2 Å². The molecule has 3 aromatic rings. The zero-order valence-corrected chi connectivity index (χ0v) is 22.3. The summed E-state index contributed by atoms with van der Waals surface area (Å²) < 4.78 is 66.9. The molecule has 0 radical (unpaired) electrons. The predicted molar refractivity (Wildman–Crippen MR) is 140 cm³/mol. The highest BCUT2D eigenvalue weighted by molar-refractivity contribution is 7.92. The molecule has 2 aromatic carbocycles. The quantitative estimate of drug-likeness (QED) is 0.416. The van der Waals surface area contributed by atoms with E-state index in [1.807, 2.05) is 0 Å². The third-order valence-electron chi connectivity index (χ3n) is 6.23. The van der Waals surface area contributed by atoms with E-state index in [1.54, 1.807) is 30.0 Å². The minimum atomic E-state index is -4.64. The second kappa shape index (κ2) is 11.2. The summed E-state index contributed by atoms with van der Waals surface area (Å²) in [6, 6.07) is 10.9. The van der Waals surface area contributed by atoms with Crippen LogP contribution in [0.5, 0.6) is 0 Å². The maximum atomic E-state index is 13.5. The molecular weight excluding hydrogens is 557 g/mol. The first kappa shape index (κ1) is 28.4. The fourth-order valence-electron chi connectivity index (χ4n) is 4.09. The van der Waals surface area contributed by atoms with Gasteiger partial charge in [0.1, 0.15) is 6.54 Å². The number of hydrogen-bond donors (Lipinski definition) is 1. The van der Waals surface area contributed by atoms with E-state index in [-0.39, 0.29) is 23.2 Å². The Hall–Kier alpha value is -3.64. The summed E-state index contributed by atoms with van der Waals surface area (Å²) in [4.78, 5) is 30.3. The molecule has 1 saturated heterocycles. The van der Waals surface area contributed by atoms with Gasteiger partial charge >= 0.3 is 6.18 Å². The Morgan fingerprint density at radius 2 is 1.85 bits per heavy atom. The molecule has 1 fully saturated rings. The van der Waals surface area contributed by atoms with Crippen LogP contribution in [0, 0.1) is 6.92 Å². The van der Waals surface area contributed by atoms with Crippen molar-refractivity contribution in [1.29, 1.82) is 0 Å². The Morgan fingerprint density at radius 1 is 1.13 bits per heavy atom. The zero-order valence-electron chi connectivity index (χ0n) is 20.7. The number of amides is 2. The Labute approximate surface area is 228 Å². The van der Waals surface area contributed by atoms with Gasteiger partial charge in [0.2, 0.25) is 11.8 Å². The highest BCUT2D eigenvalue weighted by atomic mass is 35.5. The number of anilines is 2. The normalized spacial score (nSPS) is 14.0. The van der Waals surface area contributed by atoms with Crippen molar-refractivity contribution in [2.24, 2.45) is 0 Å². The Balaban J connectivity index is 1.54. The lowest BCUT2D eigenvalue weighted by molar-refractivity contribution is -0.137. The molecule has 8 nitrogen and oxygen atoms in total. The van der Waals surface area contributed by atoms with Crippen LogP contribution in [0.25, 0.3) is 0 Å². The molecule has 1 aromatic heterocycles. The lowest BCUT2D eigenvalue weighted by atomic mass is 10.2. The fraction of sp³-hybridized carbons (Fsp3) is 0.269. The van der Waals surface area contributed by atoms with Gasteiger partial charge in [0, 0.05) is 18.0 Å². The Bertz CT molecular complexity index is 1480. The first-order valence-electron chi connectivity index (χ1n) is 11.8. The fourth-order valence-corrected chi connectivity index (χ4v) is 5.73. The Morgan fingerprint density at radius 3 is 2.44 bits per heavy atom. The number of nitrogens with one attached hydrogen (secondary N) is 1. The van der Waals surface area contributed by atoms with Gasteiger partial charge in [0.25, 0.3) is 10.0 Å². The summed E-state index contributed by atoms with van der Waals surface area (Å²) in [5, 5.41) is 2.86. The number of hydrogen-bond acceptors (Lipinski definition) is 5. The molecule has 2 amide bonds. The number of pyridine rings is 1. The highest BCUT2D eigenvalue weighted by Gasteiger charge is 2.33. The number of rotatable bonds is 8. The maximum Gasteiger partial charge on any atom is 0.416 e. The number of aromatic nitrogens is 1. The maximum absolute atomic E-state index is 13.5. The van der Waals surface area contributed by atoms with Gasteiger partial charge in [-0.15, -0.1) is 0 Å². The first-order chi connectivity index (χ1) is 18.4. The Kier molecular flexibility index (Phi) is 8.17. The van der Waals surface area contributed by atoms with Crippen LogP contribution in [-0.4, -0.2) is 38.3 Å². The van der Waals surface area contributed by atoms with Crippen molar-refractivity contribution in [2.45, 2.75) is 37.4 Å². The second-order valence-corrected chi connectivity index (χ2v) is 11.1. The molecule has 13 heteroatoms. The molecule has 206 valence electrons. The van der Waals surface area contributed by atoms with Gasteiger partial charge in [-0.05, 0) is 67.4 Å². The summed E-state index contributed by atoms with van der Waals surface area (Å²) in [5.41, 5.74) is 0.608. The van der Waals surface area contributed by atoms with E-state index in [4.69, 9.17) is 11.6 Å². The molecule has 0 atom stereocenters. The predicted octanol–water partition coefficient (Wildman–Crippen LogP) is 4.70. The van der Waals surface area contributed by atoms with Crippen molar-refractivity contribution < 1.29 is 31.2 Å². The van der Waals surface area contributed by atoms with Crippen molar-refractivity contribution in [3.8, 4) is 0 Å². The summed E-state index contributed by atoms with van der Waals surface area (Å²) in [7, 11) is -4.46. The first-order valence-corrected chi connectivity index (χ1v) is 13.7. The molecule has 1 N–H and O–H groups in total. The smallest absolute Gasteiger partial charge is 0.349 e. The molecule has 2 heterocycles. The van der Waals surface area contributed by atoms with Crippen molar-refractivity contribution in [2.75, 3.05) is 22.3 Å². The van der Waals surface area contributed by atoms with Gasteiger partial charge < -0.3 is 10.2 Å². The number of benzene rings is 2. The lowest BCUT2D eigenvalue weighted by Gasteiger charge is -2.26. The van der Waals surface area contributed by atoms with Gasteiger partial charge in [0.15, 0.2) is 0 Å². The average molecular weight is 581 g/mol. The molecule has 1 aliphatic heterocycles. The molecule has 0 aliphatic carbocycles. The summed E-state index contributed by atoms with van der Waals surface area (Å²) in [6.45, 7) is 1.50. The largest absolute Gasteiger partial charge is 0.416 e. The van der Waals surface area contributed by atoms with Crippen LogP contribution in [-0.2, 0) is 32.3 Å². The van der Waals surface area contributed by atoms with E-state index in [2.05, 4.69) is 10.3 Å². The van der Waals surface area contributed by atoms with Crippen LogP contribution in [0.3, 0.4) is 0 Å². The summed E-state index contributed by atoms with van der Waals surface area (Å²) in [5.74, 6) is -0.658. The summed E-state index contributed by atoms with van der Waals surface area (Å²) in [6.07, 6.45) is -1.85. The standard InChI is InChI=1S/C26H24ClF3N4O4S/c1-17-22(27)4-2-5-23(17)34(39(37,38)21-11-7-18(8-12-21)26(28,29)30)16-24(35)32-14-19-9-10-20(15-31-19)33-13-3-6-25(33)36/h2,4-5,7-12,15H,3,6,13-14,16H2,1H3,(H,32,35). The van der Waals surface area contributed by atoms with Crippen LogP contribution < -0.4 is 14.5 Å². The van der Waals surface area contributed by atoms with Crippen LogP contribution in [0.15, 0.2) is 65.7 Å². The molecular formula is C26H24ClF3N4O4S. The third kappa shape index (κ3) is 6.34. The van der Waals surface area contributed by atoms with Crippen molar-refractivity contribution in [3.63, 3.8) is 0 Å². The van der Waals surface area contributed by atoms with Gasteiger partial charge in [-0.1, -0.05) is 17.7 Å². The minimum absolute atomic E-state index is 0.0171. The van der Waals surface area contributed by atoms with E-state index < -0.39 is 39.1 Å². The van der Waals surface area contributed by atoms with E-state index in [0.717, 1.165) is 22.9 Å². The van der Waals surface area contributed by atoms with Crippen LogP contribution in [0.4, 0.5) is 24.5 Å². The number of carbonyl (C=O) groups excluding carboxylic acids is 2. The molecule has 4 rings (SSSR count). The van der Waals surface area contributed by atoms with Gasteiger partial charge in [-0.3, -0.25) is 18.9 Å². The van der Waals surface area contributed by atoms with Crippen LogP contribution in [0.2, 0.25) is 5.02 Å². The minimum Gasteiger partial charge on any atom is -0.349 e. The SMILES string of the molecule is Cc1c(Cl)cccc1N(CC(=O)NCc1ccc(N2CCCC2=O)cn1)S(=O)(=O)c1ccc(C(F)(F)F)cc1. The van der Waals surface area contributed by atoms with Crippen molar-refractivity contribution in [3.05, 3.63) is 82.6 Å². The number of sulfonamides is 1. The molecule has 0 spiro atoms. The van der Waals surface area contributed by atoms with Gasteiger partial charge in [0.05, 0.1) is 40.3 Å². The van der Waals surface area contributed by atoms with E-state index in [1.165, 1.54) is 18.3 Å². The molecule has 39 heavy (non-hydrogen) atoms. The molecule has 0 bridgehead atoms. The van der Waals surface area contributed by atoms with E-state index >= 15 is 0 Å². The number of nitrogens with zero attached hydrogens (tertiary/aromatic N) is 3. The number of halogens is 4.